The largest absolute Gasteiger partial charge is 0.450 e. The number of rotatable bonds is 5. The summed E-state index contributed by atoms with van der Waals surface area (Å²) < 4.78 is 17.9. The second kappa shape index (κ2) is 12.4. The Morgan fingerprint density at radius 1 is 1.25 bits per heavy atom. The number of hydrogen-bond donors (Lipinski definition) is 3. The number of ether oxygens (including phenoxy) is 1. The van der Waals surface area contributed by atoms with Crippen LogP contribution in [0.1, 0.15) is 19.8 Å². The molecule has 0 unspecified atom stereocenters. The molecule has 0 saturated carbocycles. The van der Waals surface area contributed by atoms with Crippen LogP contribution in [0.25, 0.3) is 0 Å². The molecule has 0 atom stereocenters. The van der Waals surface area contributed by atoms with Gasteiger partial charge in [-0.25, -0.2) is 9.18 Å². The molecule has 0 bridgehead atoms. The molecule has 1 saturated heterocycles. The van der Waals surface area contributed by atoms with Crippen LogP contribution in [0, 0.1) is 5.82 Å². The quantitative estimate of drug-likeness (QED) is 0.323. The van der Waals surface area contributed by atoms with Gasteiger partial charge in [0, 0.05) is 31.9 Å². The van der Waals surface area contributed by atoms with Crippen molar-refractivity contribution in [1.82, 2.24) is 15.5 Å². The number of benzene rings is 1. The smallest absolute Gasteiger partial charge is 0.409 e. The van der Waals surface area contributed by atoms with Gasteiger partial charge < -0.3 is 25.6 Å². The number of amides is 2. The predicted molar refractivity (Wildman–Crippen MR) is 117 cm³/mol. The first-order valence-corrected chi connectivity index (χ1v) is 8.96. The van der Waals surface area contributed by atoms with Crippen molar-refractivity contribution in [3.05, 3.63) is 30.1 Å². The lowest BCUT2D eigenvalue weighted by Gasteiger charge is -2.32. The normalized spacial score (nSPS) is 14.7. The Kier molecular flexibility index (Phi) is 10.6. The van der Waals surface area contributed by atoms with E-state index >= 15 is 0 Å². The lowest BCUT2D eigenvalue weighted by atomic mass is 10.1. The van der Waals surface area contributed by atoms with Crippen LogP contribution in [-0.2, 0) is 9.53 Å². The highest BCUT2D eigenvalue weighted by Gasteiger charge is 2.24. The molecule has 2 amide bonds. The molecule has 1 aromatic rings. The van der Waals surface area contributed by atoms with E-state index in [4.69, 9.17) is 4.74 Å². The minimum atomic E-state index is -0.357. The Balaban J connectivity index is 0.00000392. The number of nitrogens with zero attached hydrogens (tertiary/aromatic N) is 2. The van der Waals surface area contributed by atoms with Crippen LogP contribution in [0.3, 0.4) is 0 Å². The molecule has 156 valence electrons. The summed E-state index contributed by atoms with van der Waals surface area (Å²) in [5, 5.41) is 8.88. The first kappa shape index (κ1) is 23.9. The second-order valence-electron chi connectivity index (χ2n) is 6.09. The number of anilines is 1. The molecule has 10 heteroatoms. The summed E-state index contributed by atoms with van der Waals surface area (Å²) >= 11 is 0. The van der Waals surface area contributed by atoms with Gasteiger partial charge >= 0.3 is 6.09 Å². The van der Waals surface area contributed by atoms with Crippen molar-refractivity contribution in [1.29, 1.82) is 0 Å². The molecule has 2 rings (SSSR count). The lowest BCUT2D eigenvalue weighted by molar-refractivity contribution is -0.115. The highest BCUT2D eigenvalue weighted by molar-refractivity contribution is 14.0. The maximum atomic E-state index is 12.9. The van der Waals surface area contributed by atoms with Crippen LogP contribution in [-0.4, -0.2) is 62.2 Å². The molecule has 0 radical (unpaired) electrons. The van der Waals surface area contributed by atoms with Crippen LogP contribution < -0.4 is 16.0 Å². The summed E-state index contributed by atoms with van der Waals surface area (Å²) in [6.07, 6.45) is 1.25. The summed E-state index contributed by atoms with van der Waals surface area (Å²) in [5.41, 5.74) is 0.525. The molecule has 1 heterocycles. The van der Waals surface area contributed by atoms with Gasteiger partial charge in [0.05, 0.1) is 13.2 Å². The highest BCUT2D eigenvalue weighted by Crippen LogP contribution is 2.11. The van der Waals surface area contributed by atoms with Gasteiger partial charge in [-0.05, 0) is 44.0 Å². The third-order valence-electron chi connectivity index (χ3n) is 4.13. The topological polar surface area (TPSA) is 95.1 Å². The zero-order valence-corrected chi connectivity index (χ0v) is 18.4. The maximum Gasteiger partial charge on any atom is 0.409 e. The summed E-state index contributed by atoms with van der Waals surface area (Å²) in [4.78, 5) is 29.5. The van der Waals surface area contributed by atoms with Crippen molar-refractivity contribution in [2.45, 2.75) is 25.8 Å². The van der Waals surface area contributed by atoms with Crippen molar-refractivity contribution in [3.8, 4) is 0 Å². The Morgan fingerprint density at radius 3 is 2.46 bits per heavy atom. The average molecular weight is 507 g/mol. The van der Waals surface area contributed by atoms with E-state index < -0.39 is 0 Å². The number of piperidine rings is 1. The van der Waals surface area contributed by atoms with Crippen molar-refractivity contribution >= 4 is 47.6 Å². The first-order valence-electron chi connectivity index (χ1n) is 8.96. The first-order chi connectivity index (χ1) is 13.0. The molecular weight excluding hydrogens is 480 g/mol. The molecule has 0 aliphatic carbocycles. The Hall–Kier alpha value is -2.11. The number of aliphatic imine (C=N–C) groups is 1. The molecule has 0 aromatic heterocycles. The molecule has 28 heavy (non-hydrogen) atoms. The third-order valence-corrected chi connectivity index (χ3v) is 4.13. The van der Waals surface area contributed by atoms with Gasteiger partial charge in [0.15, 0.2) is 5.96 Å². The van der Waals surface area contributed by atoms with E-state index in [0.717, 1.165) is 12.8 Å². The summed E-state index contributed by atoms with van der Waals surface area (Å²) in [6, 6.07) is 5.72. The summed E-state index contributed by atoms with van der Waals surface area (Å²) in [6.45, 7) is 3.40. The van der Waals surface area contributed by atoms with E-state index in [-0.39, 0.29) is 54.4 Å². The van der Waals surface area contributed by atoms with Crippen molar-refractivity contribution in [2.24, 2.45) is 4.99 Å². The number of hydrogen-bond acceptors (Lipinski definition) is 4. The zero-order chi connectivity index (χ0) is 19.6. The molecule has 1 fully saturated rings. The van der Waals surface area contributed by atoms with E-state index in [1.807, 2.05) is 0 Å². The number of carbonyl (C=O) groups is 2. The third kappa shape index (κ3) is 7.87. The predicted octanol–water partition coefficient (Wildman–Crippen LogP) is 2.17. The van der Waals surface area contributed by atoms with Crippen LogP contribution in [0.5, 0.6) is 0 Å². The highest BCUT2D eigenvalue weighted by atomic mass is 127. The van der Waals surface area contributed by atoms with E-state index in [2.05, 4.69) is 20.9 Å². The van der Waals surface area contributed by atoms with Crippen LogP contribution in [0.4, 0.5) is 14.9 Å². The van der Waals surface area contributed by atoms with Crippen molar-refractivity contribution < 1.29 is 18.7 Å². The monoisotopic (exact) mass is 507 g/mol. The molecule has 3 N–H and O–H groups in total. The lowest BCUT2D eigenvalue weighted by Crippen LogP contribution is -2.50. The Morgan fingerprint density at radius 2 is 1.89 bits per heavy atom. The van der Waals surface area contributed by atoms with Gasteiger partial charge in [-0.2, -0.15) is 0 Å². The molecule has 1 aromatic carbocycles. The molecule has 0 spiro atoms. The van der Waals surface area contributed by atoms with E-state index in [1.54, 1.807) is 18.9 Å². The SMILES string of the molecule is CCOC(=O)N1CCC(NC(=NC)NCC(=O)Nc2ccc(F)cc2)CC1.I. The van der Waals surface area contributed by atoms with Gasteiger partial charge in [-0.3, -0.25) is 9.79 Å². The molecule has 1 aliphatic rings. The fourth-order valence-electron chi connectivity index (χ4n) is 2.71. The second-order valence-corrected chi connectivity index (χ2v) is 6.09. The number of halogens is 2. The molecular formula is C18H27FIN5O3. The van der Waals surface area contributed by atoms with Crippen LogP contribution >= 0.6 is 24.0 Å². The fourth-order valence-corrected chi connectivity index (χ4v) is 2.71. The van der Waals surface area contributed by atoms with E-state index in [1.165, 1.54) is 24.3 Å². The summed E-state index contributed by atoms with van der Waals surface area (Å²) in [7, 11) is 1.63. The van der Waals surface area contributed by atoms with Gasteiger partial charge in [0.25, 0.3) is 0 Å². The number of carbonyl (C=O) groups excluding carboxylic acids is 2. The number of nitrogens with one attached hydrogen (secondary N) is 3. The fraction of sp³-hybridized carbons (Fsp3) is 0.500. The minimum absolute atomic E-state index is 0. The zero-order valence-electron chi connectivity index (χ0n) is 16.0. The van der Waals surface area contributed by atoms with Crippen LogP contribution in [0.15, 0.2) is 29.3 Å². The van der Waals surface area contributed by atoms with E-state index in [9.17, 15) is 14.0 Å². The van der Waals surface area contributed by atoms with E-state index in [0.29, 0.717) is 31.3 Å². The number of guanidine groups is 1. The number of likely N-dealkylation sites (tertiary alicyclic amines) is 1. The Labute approximate surface area is 181 Å². The maximum absolute atomic E-state index is 12.9. The molecule has 1 aliphatic heterocycles. The Bertz CT molecular complexity index is 664. The standard InChI is InChI=1S/C18H26FN5O3.HI/c1-3-27-18(26)24-10-8-15(9-11-24)23-17(20-2)21-12-16(25)22-14-6-4-13(19)5-7-14;/h4-7,15H,3,8-12H2,1-2H3,(H,22,25)(H2,20,21,23);1H. The average Bonchev–Trinajstić information content (AvgIpc) is 2.67. The minimum Gasteiger partial charge on any atom is -0.450 e. The molecule has 8 nitrogen and oxygen atoms in total. The van der Waals surface area contributed by atoms with Gasteiger partial charge in [0.2, 0.25) is 5.91 Å². The van der Waals surface area contributed by atoms with Gasteiger partial charge in [0.1, 0.15) is 5.82 Å². The van der Waals surface area contributed by atoms with Crippen molar-refractivity contribution in [2.75, 3.05) is 38.6 Å². The summed E-state index contributed by atoms with van der Waals surface area (Å²) in [5.74, 6) is -0.106. The van der Waals surface area contributed by atoms with Gasteiger partial charge in [-0.15, -0.1) is 24.0 Å². The van der Waals surface area contributed by atoms with Crippen LogP contribution in [0.2, 0.25) is 0 Å². The van der Waals surface area contributed by atoms with Gasteiger partial charge in [-0.1, -0.05) is 0 Å². The van der Waals surface area contributed by atoms with Crippen molar-refractivity contribution in [3.63, 3.8) is 0 Å².